The number of hydrogen-bond acceptors (Lipinski definition) is 1. The Balaban J connectivity index is 3.24. The summed E-state index contributed by atoms with van der Waals surface area (Å²) >= 11 is 10.5. The van der Waals surface area contributed by atoms with Gasteiger partial charge in [-0.2, -0.15) is 13.2 Å². The van der Waals surface area contributed by atoms with Crippen molar-refractivity contribution in [1.29, 1.82) is 0 Å². The fraction of sp³-hybridized carbons (Fsp3) is 0.222. The number of carbonyl (C=O) groups excluding carboxylic acids is 1. The van der Waals surface area contributed by atoms with Gasteiger partial charge in [-0.05, 0) is 23.2 Å². The second-order valence-corrected chi connectivity index (χ2v) is 3.56. The summed E-state index contributed by atoms with van der Waals surface area (Å²) in [5.74, 6) is 0. The van der Waals surface area contributed by atoms with Crippen LogP contribution in [-0.4, -0.2) is 5.24 Å². The van der Waals surface area contributed by atoms with Gasteiger partial charge in [-0.15, -0.1) is 11.6 Å². The minimum atomic E-state index is -4.55. The maximum Gasteiger partial charge on any atom is 0.416 e. The van der Waals surface area contributed by atoms with Gasteiger partial charge in [0.25, 0.3) is 0 Å². The number of benzene rings is 1. The quantitative estimate of drug-likeness (QED) is 0.582. The van der Waals surface area contributed by atoms with E-state index in [1.807, 2.05) is 0 Å². The van der Waals surface area contributed by atoms with Crippen molar-refractivity contribution in [1.82, 2.24) is 0 Å². The summed E-state index contributed by atoms with van der Waals surface area (Å²) in [4.78, 5) is 10.7. The monoisotopic (exact) mass is 256 g/mol. The van der Waals surface area contributed by atoms with Gasteiger partial charge in [0.1, 0.15) is 5.38 Å². The molecule has 0 saturated carbocycles. The van der Waals surface area contributed by atoms with E-state index >= 15 is 0 Å². The van der Waals surface area contributed by atoms with Gasteiger partial charge in [-0.1, -0.05) is 18.2 Å². The van der Waals surface area contributed by atoms with Crippen LogP contribution in [0.3, 0.4) is 0 Å². The Morgan fingerprint density at radius 3 is 2.27 bits per heavy atom. The van der Waals surface area contributed by atoms with Crippen LogP contribution in [0.15, 0.2) is 24.3 Å². The Morgan fingerprint density at radius 2 is 1.80 bits per heavy atom. The second-order valence-electron chi connectivity index (χ2n) is 2.75. The predicted molar refractivity (Wildman–Crippen MR) is 50.9 cm³/mol. The molecule has 1 nitrogen and oxygen atoms in total. The summed E-state index contributed by atoms with van der Waals surface area (Å²) in [5.41, 5.74) is -1.27. The molecule has 6 heteroatoms. The first-order valence-corrected chi connectivity index (χ1v) is 4.65. The molecular formula is C9H5Cl2F3O. The molecule has 0 aliphatic carbocycles. The van der Waals surface area contributed by atoms with E-state index in [2.05, 4.69) is 0 Å². The highest BCUT2D eigenvalue weighted by Crippen LogP contribution is 2.37. The first kappa shape index (κ1) is 12.3. The van der Waals surface area contributed by atoms with Crippen molar-refractivity contribution in [3.05, 3.63) is 35.4 Å². The Kier molecular flexibility index (Phi) is 3.62. The third-order valence-corrected chi connectivity index (χ3v) is 2.50. The third kappa shape index (κ3) is 2.86. The molecule has 1 atom stereocenters. The molecule has 82 valence electrons. The molecule has 1 unspecified atom stereocenters. The third-order valence-electron chi connectivity index (χ3n) is 1.74. The van der Waals surface area contributed by atoms with Crippen LogP contribution in [0, 0.1) is 0 Å². The van der Waals surface area contributed by atoms with Crippen LogP contribution in [-0.2, 0) is 11.0 Å². The molecule has 0 fully saturated rings. The molecule has 1 aromatic rings. The molecular weight excluding hydrogens is 252 g/mol. The summed E-state index contributed by atoms with van der Waals surface area (Å²) in [6, 6.07) is 4.56. The highest BCUT2D eigenvalue weighted by atomic mass is 35.5. The zero-order valence-corrected chi connectivity index (χ0v) is 8.70. The zero-order chi connectivity index (χ0) is 11.6. The molecule has 0 aromatic heterocycles. The first-order chi connectivity index (χ1) is 6.84. The minimum absolute atomic E-state index is 0.327. The molecule has 1 aromatic carbocycles. The van der Waals surface area contributed by atoms with Gasteiger partial charge in [-0.3, -0.25) is 4.79 Å². The molecule has 1 rings (SSSR count). The van der Waals surface area contributed by atoms with Crippen molar-refractivity contribution in [2.24, 2.45) is 0 Å². The minimum Gasteiger partial charge on any atom is -0.279 e. The largest absolute Gasteiger partial charge is 0.416 e. The smallest absolute Gasteiger partial charge is 0.279 e. The average molecular weight is 257 g/mol. The topological polar surface area (TPSA) is 17.1 Å². The van der Waals surface area contributed by atoms with Crippen LogP contribution in [0.4, 0.5) is 13.2 Å². The number of rotatable bonds is 2. The van der Waals surface area contributed by atoms with Crippen LogP contribution in [0.1, 0.15) is 16.5 Å². The Bertz CT molecular complexity index is 376. The summed E-state index contributed by atoms with van der Waals surface area (Å²) in [7, 11) is 0. The lowest BCUT2D eigenvalue weighted by molar-refractivity contribution is -0.138. The lowest BCUT2D eigenvalue weighted by Crippen LogP contribution is -2.12. The van der Waals surface area contributed by atoms with Crippen molar-refractivity contribution in [3.63, 3.8) is 0 Å². The van der Waals surface area contributed by atoms with Gasteiger partial charge in [-0.25, -0.2) is 0 Å². The number of hydrogen-bond donors (Lipinski definition) is 0. The van der Waals surface area contributed by atoms with Crippen molar-refractivity contribution in [3.8, 4) is 0 Å². The van der Waals surface area contributed by atoms with E-state index in [0.29, 0.717) is 0 Å². The van der Waals surface area contributed by atoms with Gasteiger partial charge < -0.3 is 0 Å². The van der Waals surface area contributed by atoms with Crippen molar-refractivity contribution in [2.45, 2.75) is 11.6 Å². The van der Waals surface area contributed by atoms with E-state index in [4.69, 9.17) is 23.2 Å². The van der Waals surface area contributed by atoms with Crippen LogP contribution in [0.25, 0.3) is 0 Å². The summed E-state index contributed by atoms with van der Waals surface area (Å²) in [6.07, 6.45) is -4.55. The Labute approximate surface area is 93.8 Å². The maximum atomic E-state index is 12.5. The lowest BCUT2D eigenvalue weighted by Gasteiger charge is -2.13. The number of carbonyl (C=O) groups is 1. The number of halogens is 5. The van der Waals surface area contributed by atoms with Crippen molar-refractivity contribution < 1.29 is 18.0 Å². The Morgan fingerprint density at radius 1 is 1.27 bits per heavy atom. The molecule has 0 spiro atoms. The van der Waals surface area contributed by atoms with E-state index in [0.717, 1.165) is 12.1 Å². The molecule has 0 N–H and O–H groups in total. The van der Waals surface area contributed by atoms with Crippen molar-refractivity contribution in [2.75, 3.05) is 0 Å². The van der Waals surface area contributed by atoms with Gasteiger partial charge in [0, 0.05) is 0 Å². The van der Waals surface area contributed by atoms with E-state index in [9.17, 15) is 18.0 Å². The fourth-order valence-corrected chi connectivity index (χ4v) is 1.41. The molecule has 0 saturated heterocycles. The molecule has 0 radical (unpaired) electrons. The SMILES string of the molecule is O=C(Cl)C(Cl)c1ccccc1C(F)(F)F. The second kappa shape index (κ2) is 4.41. The van der Waals surface area contributed by atoms with Gasteiger partial charge >= 0.3 is 6.18 Å². The van der Waals surface area contributed by atoms with Gasteiger partial charge in [0.15, 0.2) is 0 Å². The fourth-order valence-electron chi connectivity index (χ4n) is 1.10. The Hall–Kier alpha value is -0.740. The van der Waals surface area contributed by atoms with Gasteiger partial charge in [0.05, 0.1) is 5.56 Å². The summed E-state index contributed by atoms with van der Waals surface area (Å²) < 4.78 is 37.4. The highest BCUT2D eigenvalue weighted by Gasteiger charge is 2.35. The van der Waals surface area contributed by atoms with E-state index in [1.165, 1.54) is 12.1 Å². The summed E-state index contributed by atoms with van der Waals surface area (Å²) in [5, 5.41) is -2.52. The average Bonchev–Trinajstić information content (AvgIpc) is 2.15. The molecule has 15 heavy (non-hydrogen) atoms. The van der Waals surface area contributed by atoms with E-state index in [1.54, 1.807) is 0 Å². The zero-order valence-electron chi connectivity index (χ0n) is 7.18. The molecule has 0 heterocycles. The highest BCUT2D eigenvalue weighted by molar-refractivity contribution is 6.68. The molecule has 0 bridgehead atoms. The molecule has 0 aliphatic rings. The number of alkyl halides is 4. The maximum absolute atomic E-state index is 12.5. The van der Waals surface area contributed by atoms with Crippen LogP contribution >= 0.6 is 23.2 Å². The predicted octanol–water partition coefficient (Wildman–Crippen LogP) is 3.75. The van der Waals surface area contributed by atoms with E-state index in [-0.39, 0.29) is 5.56 Å². The van der Waals surface area contributed by atoms with Crippen LogP contribution in [0.5, 0.6) is 0 Å². The van der Waals surface area contributed by atoms with E-state index < -0.39 is 22.4 Å². The van der Waals surface area contributed by atoms with Crippen LogP contribution < -0.4 is 0 Å². The molecule has 0 amide bonds. The van der Waals surface area contributed by atoms with Gasteiger partial charge in [0.2, 0.25) is 5.24 Å². The van der Waals surface area contributed by atoms with Crippen molar-refractivity contribution >= 4 is 28.4 Å². The standard InChI is InChI=1S/C9H5Cl2F3O/c10-7(8(11)15)5-3-1-2-4-6(5)9(12,13)14/h1-4,7H. The molecule has 0 aliphatic heterocycles. The lowest BCUT2D eigenvalue weighted by atomic mass is 10.0. The first-order valence-electron chi connectivity index (χ1n) is 3.83. The summed E-state index contributed by atoms with van der Waals surface area (Å²) in [6.45, 7) is 0. The van der Waals surface area contributed by atoms with Crippen LogP contribution in [0.2, 0.25) is 0 Å². The normalized spacial score (nSPS) is 13.7.